The molecule has 2 aromatic carbocycles. The number of rotatable bonds is 3. The summed E-state index contributed by atoms with van der Waals surface area (Å²) in [6.45, 7) is 0. The maximum absolute atomic E-state index is 13.3. The summed E-state index contributed by atoms with van der Waals surface area (Å²) in [4.78, 5) is 4.08. The summed E-state index contributed by atoms with van der Waals surface area (Å²) < 4.78 is 37.3. The van der Waals surface area contributed by atoms with Gasteiger partial charge in [-0.3, -0.25) is 4.98 Å². The van der Waals surface area contributed by atoms with Crippen LogP contribution in [0, 0.1) is 17.1 Å². The van der Waals surface area contributed by atoms with E-state index in [0.29, 0.717) is 27.8 Å². The Hall–Kier alpha value is -2.75. The highest BCUT2D eigenvalue weighted by atomic mass is 35.5. The Morgan fingerprint density at radius 1 is 1.08 bits per heavy atom. The van der Waals surface area contributed by atoms with Crippen molar-refractivity contribution < 1.29 is 12.8 Å². The Kier molecular flexibility index (Phi) is 4.77. The first-order chi connectivity index (χ1) is 12.3. The largest absolute Gasteiger partial charge is 0.263 e. The van der Waals surface area contributed by atoms with Gasteiger partial charge < -0.3 is 0 Å². The zero-order chi connectivity index (χ0) is 18.9. The first kappa shape index (κ1) is 18.1. The first-order valence-electron chi connectivity index (χ1n) is 7.44. The van der Waals surface area contributed by atoms with Gasteiger partial charge in [0.25, 0.3) is 0 Å². The van der Waals surface area contributed by atoms with E-state index in [9.17, 15) is 12.8 Å². The quantitative estimate of drug-likeness (QED) is 0.665. The van der Waals surface area contributed by atoms with E-state index in [1.165, 1.54) is 48.8 Å². The van der Waals surface area contributed by atoms with Gasteiger partial charge in [-0.25, -0.2) is 12.8 Å². The molecule has 4 nitrogen and oxygen atoms in total. The fourth-order valence-corrected chi connectivity index (χ4v) is 3.64. The summed E-state index contributed by atoms with van der Waals surface area (Å²) in [5.41, 5.74) is 2.53. The number of pyridine rings is 1. The number of nitriles is 1. The fraction of sp³-hybridized carbons (Fsp3) is 0.0526. The third kappa shape index (κ3) is 3.59. The molecule has 3 rings (SSSR count). The zero-order valence-corrected chi connectivity index (χ0v) is 15.1. The molecule has 0 N–H and O–H groups in total. The summed E-state index contributed by atoms with van der Waals surface area (Å²) in [6.07, 6.45) is 4.04. The molecule has 0 aliphatic carbocycles. The van der Waals surface area contributed by atoms with E-state index in [2.05, 4.69) is 4.98 Å². The van der Waals surface area contributed by atoms with Crippen LogP contribution in [0.25, 0.3) is 22.3 Å². The Morgan fingerprint density at radius 2 is 1.77 bits per heavy atom. The van der Waals surface area contributed by atoms with Gasteiger partial charge in [-0.15, -0.1) is 0 Å². The number of nitrogens with zero attached hydrogens (tertiary/aromatic N) is 2. The molecule has 7 heteroatoms. The third-order valence-electron chi connectivity index (χ3n) is 3.80. The third-order valence-corrected chi connectivity index (χ3v) is 5.19. The molecule has 0 unspecified atom stereocenters. The van der Waals surface area contributed by atoms with Gasteiger partial charge >= 0.3 is 0 Å². The van der Waals surface area contributed by atoms with E-state index in [1.54, 1.807) is 6.07 Å². The summed E-state index contributed by atoms with van der Waals surface area (Å²) in [5.74, 6) is -0.409. The van der Waals surface area contributed by atoms with Gasteiger partial charge in [0.2, 0.25) is 0 Å². The van der Waals surface area contributed by atoms with E-state index >= 15 is 0 Å². The minimum absolute atomic E-state index is 0.0509. The van der Waals surface area contributed by atoms with Crippen LogP contribution in [0.2, 0.25) is 5.02 Å². The molecule has 26 heavy (non-hydrogen) atoms. The lowest BCUT2D eigenvalue weighted by molar-refractivity contribution is 0.602. The molecule has 1 heterocycles. The standard InChI is InChI=1S/C19H12ClFN2O2S/c1-26(24,25)16-7-17(13-2-4-15(21)5-3-13)19(18(20)8-16)14-6-12(9-22)10-23-11-14/h2-8,10-11H,1H3. The Balaban J connectivity index is 2.36. The lowest BCUT2D eigenvalue weighted by Gasteiger charge is -2.14. The van der Waals surface area contributed by atoms with Gasteiger partial charge in [0, 0.05) is 29.8 Å². The second kappa shape index (κ2) is 6.87. The monoisotopic (exact) mass is 386 g/mol. The predicted octanol–water partition coefficient (Wildman–Crippen LogP) is 4.48. The van der Waals surface area contributed by atoms with Crippen molar-refractivity contribution in [1.29, 1.82) is 5.26 Å². The van der Waals surface area contributed by atoms with Gasteiger partial charge in [-0.2, -0.15) is 5.26 Å². The number of aromatic nitrogens is 1. The summed E-state index contributed by atoms with van der Waals surface area (Å²) >= 11 is 6.40. The molecular weight excluding hydrogens is 375 g/mol. The van der Waals surface area contributed by atoms with Gasteiger partial charge in [-0.05, 0) is 41.5 Å². The van der Waals surface area contributed by atoms with Gasteiger partial charge in [-0.1, -0.05) is 23.7 Å². The lowest BCUT2D eigenvalue weighted by Crippen LogP contribution is -1.99. The highest BCUT2D eigenvalue weighted by Gasteiger charge is 2.18. The number of hydrogen-bond donors (Lipinski definition) is 0. The van der Waals surface area contributed by atoms with Crippen LogP contribution in [-0.2, 0) is 9.84 Å². The van der Waals surface area contributed by atoms with E-state index < -0.39 is 15.7 Å². The van der Waals surface area contributed by atoms with Crippen LogP contribution < -0.4 is 0 Å². The topological polar surface area (TPSA) is 70.8 Å². The van der Waals surface area contributed by atoms with E-state index in [0.717, 1.165) is 6.26 Å². The van der Waals surface area contributed by atoms with Crippen molar-refractivity contribution in [2.45, 2.75) is 4.90 Å². The molecule has 0 aliphatic rings. The molecule has 3 aromatic rings. The normalized spacial score (nSPS) is 11.2. The first-order valence-corrected chi connectivity index (χ1v) is 9.71. The van der Waals surface area contributed by atoms with Crippen LogP contribution in [0.3, 0.4) is 0 Å². The van der Waals surface area contributed by atoms with Crippen molar-refractivity contribution in [3.05, 3.63) is 71.3 Å². The maximum Gasteiger partial charge on any atom is 0.175 e. The molecule has 0 aliphatic heterocycles. The van der Waals surface area contributed by atoms with Crippen molar-refractivity contribution in [3.8, 4) is 28.3 Å². The molecule has 0 amide bonds. The second-order valence-corrected chi connectivity index (χ2v) is 8.10. The van der Waals surface area contributed by atoms with E-state index in [4.69, 9.17) is 16.9 Å². The van der Waals surface area contributed by atoms with E-state index in [-0.39, 0.29) is 9.92 Å². The minimum Gasteiger partial charge on any atom is -0.263 e. The molecule has 0 saturated carbocycles. The molecular formula is C19H12ClFN2O2S. The number of halogens is 2. The number of hydrogen-bond acceptors (Lipinski definition) is 4. The number of sulfone groups is 1. The van der Waals surface area contributed by atoms with Gasteiger partial charge in [0.15, 0.2) is 9.84 Å². The highest BCUT2D eigenvalue weighted by Crippen LogP contribution is 2.39. The van der Waals surface area contributed by atoms with Gasteiger partial charge in [0.1, 0.15) is 11.9 Å². The number of benzene rings is 2. The Labute approximate surface area is 155 Å². The van der Waals surface area contributed by atoms with E-state index in [1.807, 2.05) is 6.07 Å². The molecule has 0 bridgehead atoms. The van der Waals surface area contributed by atoms with Crippen LogP contribution in [-0.4, -0.2) is 19.7 Å². The molecule has 130 valence electrons. The van der Waals surface area contributed by atoms with Crippen molar-refractivity contribution in [1.82, 2.24) is 4.98 Å². The van der Waals surface area contributed by atoms with Crippen molar-refractivity contribution in [3.63, 3.8) is 0 Å². The average Bonchev–Trinajstić information content (AvgIpc) is 2.61. The van der Waals surface area contributed by atoms with Crippen LogP contribution in [0.5, 0.6) is 0 Å². The van der Waals surface area contributed by atoms with Crippen molar-refractivity contribution in [2.75, 3.05) is 6.26 Å². The van der Waals surface area contributed by atoms with Crippen molar-refractivity contribution >= 4 is 21.4 Å². The molecule has 0 saturated heterocycles. The summed E-state index contributed by atoms with van der Waals surface area (Å²) in [7, 11) is -3.50. The molecule has 0 spiro atoms. The fourth-order valence-electron chi connectivity index (χ4n) is 2.58. The van der Waals surface area contributed by atoms with Gasteiger partial charge in [0.05, 0.1) is 15.5 Å². The maximum atomic E-state index is 13.3. The van der Waals surface area contributed by atoms with Crippen LogP contribution in [0.1, 0.15) is 5.56 Å². The molecule has 0 radical (unpaired) electrons. The highest BCUT2D eigenvalue weighted by molar-refractivity contribution is 7.90. The molecule has 1 aromatic heterocycles. The zero-order valence-electron chi connectivity index (χ0n) is 13.6. The minimum atomic E-state index is -3.50. The molecule has 0 atom stereocenters. The molecule has 0 fully saturated rings. The Morgan fingerprint density at radius 3 is 2.38 bits per heavy atom. The lowest BCUT2D eigenvalue weighted by atomic mass is 9.95. The SMILES string of the molecule is CS(=O)(=O)c1cc(Cl)c(-c2cncc(C#N)c2)c(-c2ccc(F)cc2)c1. The summed E-state index contributed by atoms with van der Waals surface area (Å²) in [5, 5.41) is 9.30. The summed E-state index contributed by atoms with van der Waals surface area (Å²) in [6, 6.07) is 12.1. The van der Waals surface area contributed by atoms with Crippen LogP contribution >= 0.6 is 11.6 Å². The smallest absolute Gasteiger partial charge is 0.175 e. The average molecular weight is 387 g/mol. The Bertz CT molecular complexity index is 1140. The van der Waals surface area contributed by atoms with Crippen LogP contribution in [0.4, 0.5) is 4.39 Å². The predicted molar refractivity (Wildman–Crippen MR) is 97.9 cm³/mol. The van der Waals surface area contributed by atoms with Crippen LogP contribution in [0.15, 0.2) is 59.8 Å². The second-order valence-electron chi connectivity index (χ2n) is 5.68. The van der Waals surface area contributed by atoms with Crippen molar-refractivity contribution in [2.24, 2.45) is 0 Å².